The van der Waals surface area contributed by atoms with Gasteiger partial charge in [-0.3, -0.25) is 9.59 Å². The number of anilines is 2. The van der Waals surface area contributed by atoms with Crippen molar-refractivity contribution < 1.29 is 19.1 Å². The molecule has 2 amide bonds. The van der Waals surface area contributed by atoms with E-state index in [-0.39, 0.29) is 18.4 Å². The summed E-state index contributed by atoms with van der Waals surface area (Å²) < 4.78 is 10.8. The maximum Gasteiger partial charge on any atom is 0.282 e. The molecule has 0 aliphatic carbocycles. The summed E-state index contributed by atoms with van der Waals surface area (Å²) in [5.74, 6) is 0.310. The molecule has 2 aliphatic heterocycles. The van der Waals surface area contributed by atoms with Crippen LogP contribution in [0.15, 0.2) is 66.4 Å². The fraction of sp³-hybridized carbons (Fsp3) is 0.154. The summed E-state index contributed by atoms with van der Waals surface area (Å²) in [7, 11) is 0. The number of benzene rings is 3. The standard InChI is InChI=1S/C26H22N2O4/c1-15-4-7-18(8-5-15)27-24-23(20-10-6-16(2)12-17(20)3)25(29)28(26(24)30)19-9-11-21-22(13-19)32-14-31-21/h4-13,27H,14H2,1-3H3. The Hall–Kier alpha value is -4.06. The number of rotatable bonds is 4. The summed E-state index contributed by atoms with van der Waals surface area (Å²) in [6.07, 6.45) is 0. The van der Waals surface area contributed by atoms with Crippen LogP contribution in [-0.2, 0) is 9.59 Å². The average molecular weight is 426 g/mol. The minimum absolute atomic E-state index is 0.118. The molecule has 0 saturated heterocycles. The van der Waals surface area contributed by atoms with Crippen LogP contribution in [0.3, 0.4) is 0 Å². The first-order valence-electron chi connectivity index (χ1n) is 10.4. The molecule has 6 heteroatoms. The number of ether oxygens (including phenoxy) is 2. The second-order valence-electron chi connectivity index (χ2n) is 8.04. The van der Waals surface area contributed by atoms with Gasteiger partial charge >= 0.3 is 0 Å². The van der Waals surface area contributed by atoms with Crippen LogP contribution in [0.2, 0.25) is 0 Å². The molecule has 0 radical (unpaired) electrons. The summed E-state index contributed by atoms with van der Waals surface area (Å²) in [6.45, 7) is 6.06. The van der Waals surface area contributed by atoms with Crippen LogP contribution in [0.25, 0.3) is 5.57 Å². The summed E-state index contributed by atoms with van der Waals surface area (Å²) in [5.41, 5.74) is 5.63. The smallest absolute Gasteiger partial charge is 0.282 e. The molecule has 1 N–H and O–H groups in total. The molecule has 0 unspecified atom stereocenters. The molecule has 0 spiro atoms. The van der Waals surface area contributed by atoms with E-state index in [0.29, 0.717) is 22.8 Å². The van der Waals surface area contributed by atoms with Gasteiger partial charge in [0.15, 0.2) is 11.5 Å². The molecule has 0 aromatic heterocycles. The van der Waals surface area contributed by atoms with Gasteiger partial charge in [0.05, 0.1) is 11.3 Å². The molecule has 3 aromatic rings. The van der Waals surface area contributed by atoms with Gasteiger partial charge in [0, 0.05) is 11.8 Å². The highest BCUT2D eigenvalue weighted by atomic mass is 16.7. The summed E-state index contributed by atoms with van der Waals surface area (Å²) in [4.78, 5) is 28.4. The molecule has 0 bridgehead atoms. The first kappa shape index (κ1) is 19.9. The van der Waals surface area contributed by atoms with E-state index < -0.39 is 5.91 Å². The number of hydrogen-bond acceptors (Lipinski definition) is 5. The van der Waals surface area contributed by atoms with Crippen LogP contribution in [0.1, 0.15) is 22.3 Å². The highest BCUT2D eigenvalue weighted by Gasteiger charge is 2.41. The molecule has 2 heterocycles. The molecule has 3 aromatic carbocycles. The Kier molecular flexibility index (Phi) is 4.70. The zero-order valence-corrected chi connectivity index (χ0v) is 18.1. The summed E-state index contributed by atoms with van der Waals surface area (Å²) >= 11 is 0. The number of nitrogens with zero attached hydrogens (tertiary/aromatic N) is 1. The summed E-state index contributed by atoms with van der Waals surface area (Å²) in [6, 6.07) is 18.6. The number of carbonyl (C=O) groups is 2. The van der Waals surface area contributed by atoms with Gasteiger partial charge in [-0.2, -0.15) is 0 Å². The van der Waals surface area contributed by atoms with Crippen molar-refractivity contribution in [1.82, 2.24) is 0 Å². The number of imide groups is 1. The lowest BCUT2D eigenvalue weighted by Crippen LogP contribution is -2.32. The van der Waals surface area contributed by atoms with E-state index in [1.807, 2.05) is 63.2 Å². The maximum absolute atomic E-state index is 13.6. The van der Waals surface area contributed by atoms with E-state index >= 15 is 0 Å². The van der Waals surface area contributed by atoms with Crippen LogP contribution in [0, 0.1) is 20.8 Å². The SMILES string of the molecule is Cc1ccc(NC2=C(c3ccc(C)cc3C)C(=O)N(c3ccc4c(c3)OCO4)C2=O)cc1. The van der Waals surface area contributed by atoms with E-state index in [0.717, 1.165) is 27.9 Å². The maximum atomic E-state index is 13.6. The number of amides is 2. The lowest BCUT2D eigenvalue weighted by atomic mass is 9.97. The predicted octanol–water partition coefficient (Wildman–Crippen LogP) is 4.74. The van der Waals surface area contributed by atoms with E-state index in [1.54, 1.807) is 18.2 Å². The van der Waals surface area contributed by atoms with E-state index in [9.17, 15) is 9.59 Å². The number of hydrogen-bond donors (Lipinski definition) is 1. The Morgan fingerprint density at radius 1 is 0.781 bits per heavy atom. The van der Waals surface area contributed by atoms with Gasteiger partial charge in [-0.15, -0.1) is 0 Å². The van der Waals surface area contributed by atoms with Crippen LogP contribution < -0.4 is 19.7 Å². The van der Waals surface area contributed by atoms with Crippen molar-refractivity contribution in [3.63, 3.8) is 0 Å². The zero-order chi connectivity index (χ0) is 22.4. The molecule has 2 aliphatic rings. The van der Waals surface area contributed by atoms with Gasteiger partial charge in [0.1, 0.15) is 5.70 Å². The second kappa shape index (κ2) is 7.57. The van der Waals surface area contributed by atoms with Gasteiger partial charge < -0.3 is 14.8 Å². The predicted molar refractivity (Wildman–Crippen MR) is 123 cm³/mol. The molecule has 0 saturated carbocycles. The van der Waals surface area contributed by atoms with Crippen LogP contribution in [0.4, 0.5) is 11.4 Å². The van der Waals surface area contributed by atoms with Crippen molar-refractivity contribution in [3.05, 3.63) is 88.6 Å². The largest absolute Gasteiger partial charge is 0.454 e. The molecular weight excluding hydrogens is 404 g/mol. The van der Waals surface area contributed by atoms with E-state index in [2.05, 4.69) is 5.32 Å². The molecule has 5 rings (SSSR count). The number of fused-ring (bicyclic) bond motifs is 1. The Bertz CT molecular complexity index is 1290. The topological polar surface area (TPSA) is 67.9 Å². The fourth-order valence-corrected chi connectivity index (χ4v) is 4.03. The molecule has 0 atom stereocenters. The lowest BCUT2D eigenvalue weighted by molar-refractivity contribution is -0.120. The Labute approximate surface area is 186 Å². The molecular formula is C26H22N2O4. The van der Waals surface area contributed by atoms with Crippen molar-refractivity contribution in [2.24, 2.45) is 0 Å². The average Bonchev–Trinajstić information content (AvgIpc) is 3.32. The third-order valence-corrected chi connectivity index (χ3v) is 5.67. The first-order valence-corrected chi connectivity index (χ1v) is 10.4. The van der Waals surface area contributed by atoms with Gasteiger partial charge in [0.2, 0.25) is 6.79 Å². The minimum atomic E-state index is -0.413. The summed E-state index contributed by atoms with van der Waals surface area (Å²) in [5, 5.41) is 3.20. The molecule has 32 heavy (non-hydrogen) atoms. The van der Waals surface area contributed by atoms with Crippen LogP contribution in [-0.4, -0.2) is 18.6 Å². The fourth-order valence-electron chi connectivity index (χ4n) is 4.03. The van der Waals surface area contributed by atoms with Crippen molar-refractivity contribution in [2.45, 2.75) is 20.8 Å². The first-order chi connectivity index (χ1) is 15.4. The quantitative estimate of drug-likeness (QED) is 0.611. The van der Waals surface area contributed by atoms with Crippen molar-refractivity contribution in [3.8, 4) is 11.5 Å². The van der Waals surface area contributed by atoms with Gasteiger partial charge in [-0.1, -0.05) is 41.5 Å². The molecule has 0 fully saturated rings. The highest BCUT2D eigenvalue weighted by molar-refractivity contribution is 6.46. The van der Waals surface area contributed by atoms with Gasteiger partial charge in [-0.25, -0.2) is 4.90 Å². The Morgan fingerprint density at radius 3 is 2.25 bits per heavy atom. The van der Waals surface area contributed by atoms with Crippen molar-refractivity contribution in [1.29, 1.82) is 0 Å². The van der Waals surface area contributed by atoms with E-state index in [1.165, 1.54) is 4.90 Å². The Balaban J connectivity index is 1.62. The second-order valence-corrected chi connectivity index (χ2v) is 8.04. The van der Waals surface area contributed by atoms with Crippen molar-refractivity contribution in [2.75, 3.05) is 17.0 Å². The molecule has 160 valence electrons. The number of nitrogens with one attached hydrogen (secondary N) is 1. The number of aryl methyl sites for hydroxylation is 3. The number of carbonyl (C=O) groups excluding carboxylic acids is 2. The third-order valence-electron chi connectivity index (χ3n) is 5.67. The van der Waals surface area contributed by atoms with Gasteiger partial charge in [0.25, 0.3) is 11.8 Å². The zero-order valence-electron chi connectivity index (χ0n) is 18.1. The van der Waals surface area contributed by atoms with Crippen LogP contribution in [0.5, 0.6) is 11.5 Å². The minimum Gasteiger partial charge on any atom is -0.454 e. The molecule has 6 nitrogen and oxygen atoms in total. The normalized spacial score (nSPS) is 15.0. The van der Waals surface area contributed by atoms with Gasteiger partial charge in [-0.05, 0) is 56.2 Å². The lowest BCUT2D eigenvalue weighted by Gasteiger charge is -2.16. The van der Waals surface area contributed by atoms with Crippen LogP contribution >= 0.6 is 0 Å². The van der Waals surface area contributed by atoms with Crippen molar-refractivity contribution >= 4 is 28.8 Å². The Morgan fingerprint density at radius 2 is 1.50 bits per heavy atom. The monoisotopic (exact) mass is 426 g/mol. The third kappa shape index (κ3) is 3.30. The highest BCUT2D eigenvalue weighted by Crippen LogP contribution is 2.40. The van der Waals surface area contributed by atoms with E-state index in [4.69, 9.17) is 9.47 Å².